The number of anilines is 1. The van der Waals surface area contributed by atoms with Gasteiger partial charge in [0, 0.05) is 25.9 Å². The number of methoxy groups -OCH3 is 1. The van der Waals surface area contributed by atoms with Gasteiger partial charge in [0.2, 0.25) is 5.56 Å². The number of nitrogens with one attached hydrogen (secondary N) is 1. The number of aromatic nitrogens is 1. The maximum atomic E-state index is 11.2. The normalized spacial score (nSPS) is 10.1. The van der Waals surface area contributed by atoms with E-state index in [9.17, 15) is 4.79 Å². The van der Waals surface area contributed by atoms with Gasteiger partial charge in [0.1, 0.15) is 5.75 Å². The van der Waals surface area contributed by atoms with Crippen LogP contribution in [0.5, 0.6) is 5.75 Å². The zero-order valence-corrected chi connectivity index (χ0v) is 10.5. The predicted octanol–water partition coefficient (Wildman–Crippen LogP) is 2.01. The quantitative estimate of drug-likeness (QED) is 0.894. The molecule has 0 amide bonds. The summed E-state index contributed by atoms with van der Waals surface area (Å²) in [5.74, 6) is 0.848. The molecule has 18 heavy (non-hydrogen) atoms. The lowest BCUT2D eigenvalue weighted by Gasteiger charge is -2.08. The topological polar surface area (TPSA) is 43.3 Å². The second-order valence-electron chi connectivity index (χ2n) is 4.07. The number of benzene rings is 1. The molecule has 0 aliphatic heterocycles. The highest BCUT2D eigenvalue weighted by atomic mass is 16.5. The van der Waals surface area contributed by atoms with Crippen LogP contribution >= 0.6 is 0 Å². The predicted molar refractivity (Wildman–Crippen MR) is 72.0 cm³/mol. The van der Waals surface area contributed by atoms with Crippen molar-refractivity contribution in [2.24, 2.45) is 7.05 Å². The van der Waals surface area contributed by atoms with Crippen LogP contribution in [0.2, 0.25) is 0 Å². The number of nitrogens with zero attached hydrogens (tertiary/aromatic N) is 1. The van der Waals surface area contributed by atoms with E-state index in [2.05, 4.69) is 5.32 Å². The van der Waals surface area contributed by atoms with Crippen molar-refractivity contribution in [3.8, 4) is 5.75 Å². The minimum Gasteiger partial charge on any atom is -0.497 e. The molecule has 0 spiro atoms. The number of hydrogen-bond donors (Lipinski definition) is 1. The van der Waals surface area contributed by atoms with Crippen LogP contribution in [0.1, 0.15) is 5.56 Å². The van der Waals surface area contributed by atoms with Gasteiger partial charge >= 0.3 is 0 Å². The molecule has 2 rings (SSSR count). The highest BCUT2D eigenvalue weighted by Crippen LogP contribution is 2.12. The molecule has 0 fully saturated rings. The molecule has 1 heterocycles. The van der Waals surface area contributed by atoms with E-state index < -0.39 is 0 Å². The van der Waals surface area contributed by atoms with Crippen molar-refractivity contribution in [2.45, 2.75) is 6.54 Å². The summed E-state index contributed by atoms with van der Waals surface area (Å²) in [6.45, 7) is 0.711. The summed E-state index contributed by atoms with van der Waals surface area (Å²) >= 11 is 0. The van der Waals surface area contributed by atoms with Gasteiger partial charge in [-0.1, -0.05) is 12.1 Å². The third kappa shape index (κ3) is 2.91. The molecule has 0 atom stereocenters. The second kappa shape index (κ2) is 5.40. The highest BCUT2D eigenvalue weighted by molar-refractivity contribution is 5.41. The fraction of sp³-hybridized carbons (Fsp3) is 0.214. The van der Waals surface area contributed by atoms with Crippen molar-refractivity contribution < 1.29 is 4.74 Å². The summed E-state index contributed by atoms with van der Waals surface area (Å²) in [7, 11) is 3.39. The Bertz CT molecular complexity index is 573. The fourth-order valence-corrected chi connectivity index (χ4v) is 1.65. The molecule has 1 N–H and O–H groups in total. The van der Waals surface area contributed by atoms with E-state index in [1.807, 2.05) is 24.3 Å². The Labute approximate surface area is 106 Å². The van der Waals surface area contributed by atoms with Crippen LogP contribution in [0.15, 0.2) is 47.4 Å². The van der Waals surface area contributed by atoms with E-state index in [0.717, 1.165) is 17.0 Å². The highest BCUT2D eigenvalue weighted by Gasteiger charge is 1.97. The molecule has 2 aromatic rings. The molecule has 0 bridgehead atoms. The molecule has 94 valence electrons. The van der Waals surface area contributed by atoms with Crippen molar-refractivity contribution >= 4 is 5.69 Å². The molecule has 1 aromatic heterocycles. The zero-order valence-electron chi connectivity index (χ0n) is 10.5. The van der Waals surface area contributed by atoms with Gasteiger partial charge in [0.15, 0.2) is 0 Å². The van der Waals surface area contributed by atoms with Crippen molar-refractivity contribution in [3.63, 3.8) is 0 Å². The molecule has 4 nitrogen and oxygen atoms in total. The van der Waals surface area contributed by atoms with E-state index in [0.29, 0.717) is 6.54 Å². The van der Waals surface area contributed by atoms with Gasteiger partial charge in [-0.2, -0.15) is 0 Å². The summed E-state index contributed by atoms with van der Waals surface area (Å²) in [5.41, 5.74) is 2.07. The summed E-state index contributed by atoms with van der Waals surface area (Å²) in [6, 6.07) is 11.2. The van der Waals surface area contributed by atoms with E-state index >= 15 is 0 Å². The van der Waals surface area contributed by atoms with Crippen LogP contribution in [-0.4, -0.2) is 11.7 Å². The second-order valence-corrected chi connectivity index (χ2v) is 4.07. The summed E-state index contributed by atoms with van der Waals surface area (Å²) in [4.78, 5) is 11.2. The average molecular weight is 244 g/mol. The Morgan fingerprint density at radius 3 is 2.50 bits per heavy atom. The van der Waals surface area contributed by atoms with Crippen LogP contribution < -0.4 is 15.6 Å². The first-order valence-corrected chi connectivity index (χ1v) is 5.72. The molecule has 0 aliphatic carbocycles. The van der Waals surface area contributed by atoms with Crippen LogP contribution in [-0.2, 0) is 13.6 Å². The molecule has 0 unspecified atom stereocenters. The third-order valence-electron chi connectivity index (χ3n) is 2.74. The summed E-state index contributed by atoms with van der Waals surface area (Å²) < 4.78 is 6.65. The third-order valence-corrected chi connectivity index (χ3v) is 2.74. The summed E-state index contributed by atoms with van der Waals surface area (Å²) in [6.07, 6.45) is 1.78. The van der Waals surface area contributed by atoms with E-state index in [1.165, 1.54) is 0 Å². The zero-order chi connectivity index (χ0) is 13.0. The van der Waals surface area contributed by atoms with Gasteiger partial charge in [-0.25, -0.2) is 0 Å². The van der Waals surface area contributed by atoms with Gasteiger partial charge in [0.25, 0.3) is 0 Å². The van der Waals surface area contributed by atoms with Gasteiger partial charge < -0.3 is 14.6 Å². The van der Waals surface area contributed by atoms with Gasteiger partial charge in [-0.05, 0) is 23.8 Å². The fourth-order valence-electron chi connectivity index (χ4n) is 1.65. The maximum Gasteiger partial charge on any atom is 0.250 e. The van der Waals surface area contributed by atoms with E-state index in [4.69, 9.17) is 4.74 Å². The van der Waals surface area contributed by atoms with Crippen molar-refractivity contribution in [2.75, 3.05) is 12.4 Å². The summed E-state index contributed by atoms with van der Waals surface area (Å²) in [5, 5.41) is 3.27. The molecule has 1 aromatic carbocycles. The molecular formula is C14H16N2O2. The molecule has 4 heteroatoms. The maximum absolute atomic E-state index is 11.2. The largest absolute Gasteiger partial charge is 0.497 e. The monoisotopic (exact) mass is 244 g/mol. The van der Waals surface area contributed by atoms with Crippen molar-refractivity contribution in [3.05, 3.63) is 58.5 Å². The van der Waals surface area contributed by atoms with Gasteiger partial charge in [-0.3, -0.25) is 4.79 Å². The Morgan fingerprint density at radius 1 is 1.17 bits per heavy atom. The Kier molecular flexibility index (Phi) is 3.67. The van der Waals surface area contributed by atoms with Crippen LogP contribution in [0.25, 0.3) is 0 Å². The average Bonchev–Trinajstić information content (AvgIpc) is 2.41. The molecule has 0 aliphatic rings. The van der Waals surface area contributed by atoms with E-state index in [-0.39, 0.29) is 5.56 Å². The smallest absolute Gasteiger partial charge is 0.250 e. The number of rotatable bonds is 4. The first-order valence-electron chi connectivity index (χ1n) is 5.72. The molecular weight excluding hydrogens is 228 g/mol. The Morgan fingerprint density at radius 2 is 1.89 bits per heavy atom. The number of aryl methyl sites for hydroxylation is 1. The lowest BCUT2D eigenvalue weighted by Crippen LogP contribution is -2.15. The number of ether oxygens (including phenoxy) is 1. The molecule has 0 radical (unpaired) electrons. The lowest BCUT2D eigenvalue weighted by atomic mass is 10.2. The van der Waals surface area contributed by atoms with Crippen molar-refractivity contribution in [1.82, 2.24) is 4.57 Å². The standard InChI is InChI=1S/C14H16N2O2/c1-16-10-12(5-8-14(16)17)15-9-11-3-6-13(18-2)7-4-11/h3-8,10,15H,9H2,1-2H3. The first kappa shape index (κ1) is 12.2. The minimum atomic E-state index is -0.00926. The van der Waals surface area contributed by atoms with Gasteiger partial charge in [0.05, 0.1) is 12.8 Å². The SMILES string of the molecule is COc1ccc(CNc2ccc(=O)n(C)c2)cc1. The molecule has 0 saturated carbocycles. The van der Waals surface area contributed by atoms with Crippen LogP contribution in [0, 0.1) is 0 Å². The molecule has 0 saturated heterocycles. The lowest BCUT2D eigenvalue weighted by molar-refractivity contribution is 0.414. The number of hydrogen-bond acceptors (Lipinski definition) is 3. The van der Waals surface area contributed by atoms with E-state index in [1.54, 1.807) is 37.1 Å². The van der Waals surface area contributed by atoms with Gasteiger partial charge in [-0.15, -0.1) is 0 Å². The minimum absolute atomic E-state index is 0.00926. The van der Waals surface area contributed by atoms with Crippen molar-refractivity contribution in [1.29, 1.82) is 0 Å². The number of pyridine rings is 1. The Balaban J connectivity index is 2.01. The van der Waals surface area contributed by atoms with Crippen LogP contribution in [0.3, 0.4) is 0 Å². The first-order chi connectivity index (χ1) is 8.69. The van der Waals surface area contributed by atoms with Crippen LogP contribution in [0.4, 0.5) is 5.69 Å². The Hall–Kier alpha value is -2.23.